The van der Waals surface area contributed by atoms with Crippen LogP contribution in [0.4, 0.5) is 4.79 Å². The zero-order valence-electron chi connectivity index (χ0n) is 15.4. The van der Waals surface area contributed by atoms with Crippen molar-refractivity contribution in [3.63, 3.8) is 0 Å². The Kier molecular flexibility index (Phi) is 6.74. The normalized spacial score (nSPS) is 18.0. The summed E-state index contributed by atoms with van der Waals surface area (Å²) in [5.74, 6) is -1.41. The average molecular weight is 362 g/mol. The molecule has 1 aromatic carbocycles. The van der Waals surface area contributed by atoms with E-state index in [0.717, 1.165) is 18.5 Å². The van der Waals surface area contributed by atoms with Gasteiger partial charge in [-0.2, -0.15) is 0 Å². The van der Waals surface area contributed by atoms with Crippen LogP contribution in [0.25, 0.3) is 0 Å². The van der Waals surface area contributed by atoms with Gasteiger partial charge < -0.3 is 20.1 Å². The third-order valence-corrected chi connectivity index (χ3v) is 3.80. The molecule has 26 heavy (non-hydrogen) atoms. The van der Waals surface area contributed by atoms with E-state index in [9.17, 15) is 14.4 Å². The molecule has 0 saturated carbocycles. The highest BCUT2D eigenvalue weighted by molar-refractivity contribution is 5.92. The Morgan fingerprint density at radius 2 is 1.92 bits per heavy atom. The van der Waals surface area contributed by atoms with Crippen LogP contribution in [-0.2, 0) is 25.5 Å². The van der Waals surface area contributed by atoms with Gasteiger partial charge in [-0.1, -0.05) is 30.3 Å². The molecule has 1 aliphatic rings. The molecule has 0 unspecified atom stereocenters. The van der Waals surface area contributed by atoms with Crippen molar-refractivity contribution >= 4 is 18.0 Å². The molecule has 1 heterocycles. The third-order valence-electron chi connectivity index (χ3n) is 3.80. The SMILES string of the molecule is CC(C)(C)OC(=O)N[C@H](Cc1ccccc1)C(=O)OC(=O)[C@@H]1CCCN1. The van der Waals surface area contributed by atoms with E-state index in [0.29, 0.717) is 6.42 Å². The number of hydrogen-bond donors (Lipinski definition) is 2. The van der Waals surface area contributed by atoms with E-state index in [4.69, 9.17) is 9.47 Å². The summed E-state index contributed by atoms with van der Waals surface area (Å²) in [4.78, 5) is 36.6. The fourth-order valence-electron chi connectivity index (χ4n) is 2.62. The Hall–Kier alpha value is -2.41. The van der Waals surface area contributed by atoms with Gasteiger partial charge in [0.15, 0.2) is 0 Å². The smallest absolute Gasteiger partial charge is 0.408 e. The maximum absolute atomic E-state index is 12.5. The first-order valence-corrected chi connectivity index (χ1v) is 8.77. The maximum atomic E-state index is 12.5. The quantitative estimate of drug-likeness (QED) is 0.614. The number of nitrogens with one attached hydrogen (secondary N) is 2. The van der Waals surface area contributed by atoms with E-state index in [1.54, 1.807) is 20.8 Å². The number of ether oxygens (including phenoxy) is 2. The molecule has 2 N–H and O–H groups in total. The number of rotatable bonds is 5. The van der Waals surface area contributed by atoms with Crippen LogP contribution in [-0.4, -0.2) is 42.3 Å². The fraction of sp³-hybridized carbons (Fsp3) is 0.526. The second-order valence-corrected chi connectivity index (χ2v) is 7.28. The van der Waals surface area contributed by atoms with Gasteiger partial charge in [-0.3, -0.25) is 0 Å². The van der Waals surface area contributed by atoms with Crippen LogP contribution in [0.15, 0.2) is 30.3 Å². The molecule has 7 nitrogen and oxygen atoms in total. The monoisotopic (exact) mass is 362 g/mol. The minimum atomic E-state index is -1.02. The van der Waals surface area contributed by atoms with E-state index in [2.05, 4.69) is 10.6 Å². The van der Waals surface area contributed by atoms with Crippen molar-refractivity contribution < 1.29 is 23.9 Å². The third kappa shape index (κ3) is 6.48. The van der Waals surface area contributed by atoms with Crippen molar-refractivity contribution in [2.45, 2.75) is 57.7 Å². The summed E-state index contributed by atoms with van der Waals surface area (Å²) in [6, 6.07) is 7.69. The number of carbonyl (C=O) groups excluding carboxylic acids is 3. The number of esters is 2. The van der Waals surface area contributed by atoms with Gasteiger partial charge in [-0.15, -0.1) is 0 Å². The lowest BCUT2D eigenvalue weighted by atomic mass is 10.1. The molecular weight excluding hydrogens is 336 g/mol. The minimum absolute atomic E-state index is 0.199. The molecule has 2 atom stereocenters. The van der Waals surface area contributed by atoms with Gasteiger partial charge >= 0.3 is 18.0 Å². The van der Waals surface area contributed by atoms with E-state index in [-0.39, 0.29) is 6.42 Å². The van der Waals surface area contributed by atoms with Crippen molar-refractivity contribution in [1.82, 2.24) is 10.6 Å². The van der Waals surface area contributed by atoms with Crippen molar-refractivity contribution in [3.05, 3.63) is 35.9 Å². The van der Waals surface area contributed by atoms with E-state index < -0.39 is 35.7 Å². The van der Waals surface area contributed by atoms with E-state index in [1.807, 2.05) is 30.3 Å². The van der Waals surface area contributed by atoms with Gasteiger partial charge in [-0.05, 0) is 45.7 Å². The highest BCUT2D eigenvalue weighted by atomic mass is 16.6. The minimum Gasteiger partial charge on any atom is -0.444 e. The summed E-state index contributed by atoms with van der Waals surface area (Å²) < 4.78 is 10.2. The van der Waals surface area contributed by atoms with Crippen LogP contribution < -0.4 is 10.6 Å². The topological polar surface area (TPSA) is 93.7 Å². The van der Waals surface area contributed by atoms with Crippen LogP contribution in [0, 0.1) is 0 Å². The summed E-state index contributed by atoms with van der Waals surface area (Å²) in [5, 5.41) is 5.49. The number of amides is 1. The van der Waals surface area contributed by atoms with E-state index >= 15 is 0 Å². The van der Waals surface area contributed by atoms with Crippen molar-refractivity contribution in [3.8, 4) is 0 Å². The number of carbonyl (C=O) groups is 3. The molecule has 2 rings (SSSR count). The highest BCUT2D eigenvalue weighted by Gasteiger charge is 2.31. The Morgan fingerprint density at radius 3 is 2.50 bits per heavy atom. The lowest BCUT2D eigenvalue weighted by Gasteiger charge is -2.23. The first-order chi connectivity index (χ1) is 12.2. The zero-order chi connectivity index (χ0) is 19.2. The summed E-state index contributed by atoms with van der Waals surface area (Å²) in [6.45, 7) is 5.91. The molecule has 0 bridgehead atoms. The molecule has 1 aromatic rings. The van der Waals surface area contributed by atoms with Gasteiger partial charge in [-0.25, -0.2) is 14.4 Å². The molecule has 1 saturated heterocycles. The molecule has 142 valence electrons. The van der Waals surface area contributed by atoms with Gasteiger partial charge in [0.1, 0.15) is 17.7 Å². The van der Waals surface area contributed by atoms with Gasteiger partial charge in [0.25, 0.3) is 0 Å². The summed E-state index contributed by atoms with van der Waals surface area (Å²) >= 11 is 0. The first-order valence-electron chi connectivity index (χ1n) is 8.77. The molecule has 1 fully saturated rings. The zero-order valence-corrected chi connectivity index (χ0v) is 15.4. The van der Waals surface area contributed by atoms with E-state index in [1.165, 1.54) is 0 Å². The molecule has 0 radical (unpaired) electrons. The second-order valence-electron chi connectivity index (χ2n) is 7.28. The molecule has 1 aliphatic heterocycles. The van der Waals surface area contributed by atoms with Gasteiger partial charge in [0.2, 0.25) is 0 Å². The average Bonchev–Trinajstić information content (AvgIpc) is 3.08. The van der Waals surface area contributed by atoms with Crippen molar-refractivity contribution in [1.29, 1.82) is 0 Å². The Balaban J connectivity index is 2.04. The molecule has 0 spiro atoms. The lowest BCUT2D eigenvalue weighted by Crippen LogP contribution is -2.47. The van der Waals surface area contributed by atoms with Gasteiger partial charge in [0.05, 0.1) is 0 Å². The molecule has 0 aromatic heterocycles. The van der Waals surface area contributed by atoms with Crippen molar-refractivity contribution in [2.24, 2.45) is 0 Å². The predicted octanol–water partition coefficient (Wildman–Crippen LogP) is 1.94. The molecule has 1 amide bonds. The number of hydrogen-bond acceptors (Lipinski definition) is 6. The highest BCUT2D eigenvalue weighted by Crippen LogP contribution is 2.11. The lowest BCUT2D eigenvalue weighted by molar-refractivity contribution is -0.162. The molecule has 0 aliphatic carbocycles. The van der Waals surface area contributed by atoms with Crippen LogP contribution in [0.5, 0.6) is 0 Å². The number of benzene rings is 1. The van der Waals surface area contributed by atoms with Crippen molar-refractivity contribution in [2.75, 3.05) is 6.54 Å². The van der Waals surface area contributed by atoms with Crippen LogP contribution >= 0.6 is 0 Å². The Morgan fingerprint density at radius 1 is 1.23 bits per heavy atom. The summed E-state index contributed by atoms with van der Waals surface area (Å²) in [5.41, 5.74) is 0.131. The Bertz CT molecular complexity index is 633. The largest absolute Gasteiger partial charge is 0.444 e. The fourth-order valence-corrected chi connectivity index (χ4v) is 2.62. The number of alkyl carbamates (subject to hydrolysis) is 1. The standard InChI is InChI=1S/C19H26N2O5/c1-19(2,3)26-18(24)21-15(12-13-8-5-4-6-9-13)17(23)25-16(22)14-10-7-11-20-14/h4-6,8-9,14-15,20H,7,10-12H2,1-3H3,(H,21,24)/t14-,15+/m0/s1. The molecule has 7 heteroatoms. The summed E-state index contributed by atoms with van der Waals surface area (Å²) in [6.07, 6.45) is 0.957. The van der Waals surface area contributed by atoms with Crippen LogP contribution in [0.1, 0.15) is 39.2 Å². The summed E-state index contributed by atoms with van der Waals surface area (Å²) in [7, 11) is 0. The van der Waals surface area contributed by atoms with Crippen LogP contribution in [0.3, 0.4) is 0 Å². The second kappa shape index (κ2) is 8.80. The van der Waals surface area contributed by atoms with Gasteiger partial charge in [0, 0.05) is 6.42 Å². The first kappa shape index (κ1) is 19.9. The maximum Gasteiger partial charge on any atom is 0.408 e. The van der Waals surface area contributed by atoms with Crippen LogP contribution in [0.2, 0.25) is 0 Å². The Labute approximate surface area is 153 Å². The predicted molar refractivity (Wildman–Crippen MR) is 95.4 cm³/mol. The molecular formula is C19H26N2O5.